The van der Waals surface area contributed by atoms with Crippen molar-refractivity contribution in [2.45, 2.75) is 6.61 Å². The van der Waals surface area contributed by atoms with Crippen molar-refractivity contribution in [1.29, 1.82) is 0 Å². The molecule has 0 aromatic heterocycles. The maximum atomic E-state index is 10.6. The molecule has 0 fully saturated rings. The van der Waals surface area contributed by atoms with Crippen LogP contribution in [0, 0.1) is 12.3 Å². The lowest BCUT2D eigenvalue weighted by Gasteiger charge is -2.01. The van der Waals surface area contributed by atoms with Crippen LogP contribution >= 0.6 is 0 Å². The van der Waals surface area contributed by atoms with Crippen molar-refractivity contribution >= 4 is 5.97 Å². The second-order valence-electron chi connectivity index (χ2n) is 2.70. The van der Waals surface area contributed by atoms with Crippen LogP contribution in [0.25, 0.3) is 0 Å². The molecule has 0 saturated heterocycles. The number of ether oxygens (including phenoxy) is 1. The number of aromatic carboxylic acids is 1. The summed E-state index contributed by atoms with van der Waals surface area (Å²) in [6, 6.07) is 6.58. The van der Waals surface area contributed by atoms with E-state index in [4.69, 9.17) is 16.3 Å². The number of terminal acetylenes is 1. The van der Waals surface area contributed by atoms with Crippen molar-refractivity contribution in [1.82, 2.24) is 0 Å². The third-order valence-corrected chi connectivity index (χ3v) is 1.63. The van der Waals surface area contributed by atoms with Gasteiger partial charge in [0.05, 0.1) is 12.2 Å². The largest absolute Gasteiger partial charge is 0.478 e. The van der Waals surface area contributed by atoms with Crippen molar-refractivity contribution in [2.75, 3.05) is 6.61 Å². The third kappa shape index (κ3) is 2.92. The Bertz CT molecular complexity index is 363. The number of rotatable bonds is 4. The molecule has 0 saturated carbocycles. The normalized spacial score (nSPS) is 9.36. The summed E-state index contributed by atoms with van der Waals surface area (Å²) in [6.07, 6.45) is 5.00. The van der Waals surface area contributed by atoms with Crippen molar-refractivity contribution in [2.24, 2.45) is 0 Å². The highest BCUT2D eigenvalue weighted by Crippen LogP contribution is 2.06. The Morgan fingerprint density at radius 3 is 3.00 bits per heavy atom. The third-order valence-electron chi connectivity index (χ3n) is 1.63. The highest BCUT2D eigenvalue weighted by atomic mass is 16.5. The molecule has 3 heteroatoms. The number of carbonyl (C=O) groups is 1. The molecule has 0 aliphatic rings. The maximum absolute atomic E-state index is 10.6. The average Bonchev–Trinajstić information content (AvgIpc) is 2.19. The van der Waals surface area contributed by atoms with E-state index in [1.807, 2.05) is 0 Å². The van der Waals surface area contributed by atoms with Crippen molar-refractivity contribution < 1.29 is 14.6 Å². The van der Waals surface area contributed by atoms with E-state index in [0.29, 0.717) is 6.61 Å². The first kappa shape index (κ1) is 10.3. The van der Waals surface area contributed by atoms with E-state index in [1.165, 1.54) is 6.07 Å². The Hall–Kier alpha value is -1.79. The van der Waals surface area contributed by atoms with E-state index in [9.17, 15) is 4.79 Å². The summed E-state index contributed by atoms with van der Waals surface area (Å²) in [5.41, 5.74) is 1.06. The van der Waals surface area contributed by atoms with Crippen LogP contribution in [0.1, 0.15) is 15.9 Å². The lowest BCUT2D eigenvalue weighted by Crippen LogP contribution is -1.98. The number of carboxylic acids is 1. The molecule has 0 spiro atoms. The van der Waals surface area contributed by atoms with Crippen LogP contribution in [0.15, 0.2) is 24.3 Å². The summed E-state index contributed by atoms with van der Waals surface area (Å²) in [5.74, 6) is 1.40. The van der Waals surface area contributed by atoms with Gasteiger partial charge in [0.15, 0.2) is 0 Å². The molecular formula is C11H10O3. The molecule has 1 N–H and O–H groups in total. The zero-order valence-corrected chi connectivity index (χ0v) is 7.56. The van der Waals surface area contributed by atoms with Gasteiger partial charge in [0, 0.05) is 0 Å². The maximum Gasteiger partial charge on any atom is 0.335 e. The molecule has 0 aliphatic heterocycles. The molecule has 0 bridgehead atoms. The summed E-state index contributed by atoms with van der Waals surface area (Å²) in [6.45, 7) is 0.572. The van der Waals surface area contributed by atoms with Gasteiger partial charge in [-0.25, -0.2) is 4.79 Å². The molecule has 72 valence electrons. The van der Waals surface area contributed by atoms with E-state index in [-0.39, 0.29) is 12.2 Å². The first-order valence-electron chi connectivity index (χ1n) is 4.07. The van der Waals surface area contributed by atoms with E-state index in [0.717, 1.165) is 5.56 Å². The van der Waals surface area contributed by atoms with E-state index >= 15 is 0 Å². The summed E-state index contributed by atoms with van der Waals surface area (Å²) in [5, 5.41) is 8.71. The zero-order chi connectivity index (χ0) is 10.4. The van der Waals surface area contributed by atoms with Crippen LogP contribution < -0.4 is 0 Å². The van der Waals surface area contributed by atoms with Gasteiger partial charge in [0.1, 0.15) is 6.61 Å². The molecule has 14 heavy (non-hydrogen) atoms. The van der Waals surface area contributed by atoms with Crippen LogP contribution in [0.4, 0.5) is 0 Å². The predicted molar refractivity (Wildman–Crippen MR) is 51.9 cm³/mol. The van der Waals surface area contributed by atoms with Crippen LogP contribution in [-0.4, -0.2) is 17.7 Å². The van der Waals surface area contributed by atoms with Gasteiger partial charge in [0.25, 0.3) is 0 Å². The molecule has 0 atom stereocenters. The standard InChI is InChI=1S/C11H10O3/c1-2-6-14-8-9-4-3-5-10(7-9)11(12)13/h1,3-5,7H,6,8H2,(H,12,13). The number of benzene rings is 1. The lowest BCUT2D eigenvalue weighted by atomic mass is 10.1. The minimum atomic E-state index is -0.941. The molecule has 0 aliphatic carbocycles. The molecule has 0 heterocycles. The summed E-state index contributed by atoms with van der Waals surface area (Å²) in [4.78, 5) is 10.6. The average molecular weight is 190 g/mol. The molecule has 1 aromatic carbocycles. The van der Waals surface area contributed by atoms with Crippen molar-refractivity contribution in [3.05, 3.63) is 35.4 Å². The summed E-state index contributed by atoms with van der Waals surface area (Å²) in [7, 11) is 0. The van der Waals surface area contributed by atoms with E-state index in [2.05, 4.69) is 5.92 Å². The molecule has 0 amide bonds. The Kier molecular flexibility index (Phi) is 3.71. The number of carboxylic acid groups (broad SMARTS) is 1. The molecule has 3 nitrogen and oxygen atoms in total. The zero-order valence-electron chi connectivity index (χ0n) is 7.56. The van der Waals surface area contributed by atoms with Gasteiger partial charge >= 0.3 is 5.97 Å². The first-order chi connectivity index (χ1) is 6.74. The van der Waals surface area contributed by atoms with Gasteiger partial charge in [-0.1, -0.05) is 18.1 Å². The highest BCUT2D eigenvalue weighted by Gasteiger charge is 2.02. The molecule has 0 radical (unpaired) electrons. The minimum absolute atomic E-state index is 0.233. The Morgan fingerprint density at radius 1 is 1.57 bits per heavy atom. The minimum Gasteiger partial charge on any atom is -0.478 e. The fourth-order valence-electron chi connectivity index (χ4n) is 1.02. The lowest BCUT2D eigenvalue weighted by molar-refractivity contribution is 0.0696. The molecule has 0 unspecified atom stereocenters. The predicted octanol–water partition coefficient (Wildman–Crippen LogP) is 1.53. The van der Waals surface area contributed by atoms with Gasteiger partial charge in [-0.2, -0.15) is 0 Å². The first-order valence-corrected chi connectivity index (χ1v) is 4.07. The van der Waals surface area contributed by atoms with Crippen LogP contribution in [0.3, 0.4) is 0 Å². The summed E-state index contributed by atoms with van der Waals surface area (Å²) < 4.78 is 5.07. The number of hydrogen-bond acceptors (Lipinski definition) is 2. The Balaban J connectivity index is 2.65. The second kappa shape index (κ2) is 5.05. The fourth-order valence-corrected chi connectivity index (χ4v) is 1.02. The monoisotopic (exact) mass is 190 g/mol. The van der Waals surface area contributed by atoms with Gasteiger partial charge in [-0.3, -0.25) is 0 Å². The quantitative estimate of drug-likeness (QED) is 0.578. The fraction of sp³-hybridized carbons (Fsp3) is 0.182. The molecule has 1 aromatic rings. The highest BCUT2D eigenvalue weighted by molar-refractivity contribution is 5.87. The van der Waals surface area contributed by atoms with Crippen LogP contribution in [0.5, 0.6) is 0 Å². The molecular weight excluding hydrogens is 180 g/mol. The van der Waals surface area contributed by atoms with Gasteiger partial charge < -0.3 is 9.84 Å². The Labute approximate surface area is 82.3 Å². The van der Waals surface area contributed by atoms with Gasteiger partial charge in [-0.05, 0) is 17.7 Å². The van der Waals surface area contributed by atoms with Gasteiger partial charge in [-0.15, -0.1) is 6.42 Å². The SMILES string of the molecule is C#CCOCc1cccc(C(=O)O)c1. The Morgan fingerprint density at radius 2 is 2.36 bits per heavy atom. The second-order valence-corrected chi connectivity index (χ2v) is 2.70. The smallest absolute Gasteiger partial charge is 0.335 e. The molecule has 1 rings (SSSR count). The van der Waals surface area contributed by atoms with E-state index in [1.54, 1.807) is 18.2 Å². The van der Waals surface area contributed by atoms with Crippen molar-refractivity contribution in [3.63, 3.8) is 0 Å². The van der Waals surface area contributed by atoms with E-state index < -0.39 is 5.97 Å². The topological polar surface area (TPSA) is 46.5 Å². The summed E-state index contributed by atoms with van der Waals surface area (Å²) >= 11 is 0. The van der Waals surface area contributed by atoms with Crippen LogP contribution in [0.2, 0.25) is 0 Å². The van der Waals surface area contributed by atoms with Gasteiger partial charge in [0.2, 0.25) is 0 Å². The van der Waals surface area contributed by atoms with Crippen LogP contribution in [-0.2, 0) is 11.3 Å². The number of hydrogen-bond donors (Lipinski definition) is 1. The van der Waals surface area contributed by atoms with Crippen molar-refractivity contribution in [3.8, 4) is 12.3 Å².